The van der Waals surface area contributed by atoms with E-state index in [9.17, 15) is 0 Å². The summed E-state index contributed by atoms with van der Waals surface area (Å²) in [6.45, 7) is -0.282. The maximum absolute atomic E-state index is 2.64. The number of fused-ring (bicyclic) bond motifs is 10. The zero-order valence-electron chi connectivity index (χ0n) is 47.3. The average molecular weight is 1130 g/mol. The van der Waals surface area contributed by atoms with Crippen LogP contribution in [0.1, 0.15) is 0 Å². The summed E-state index contributed by atoms with van der Waals surface area (Å²) < 4.78 is 0. The quantitative estimate of drug-likeness (QED) is 0.132. The lowest BCUT2D eigenvalue weighted by Gasteiger charge is -2.48. The highest BCUT2D eigenvalue weighted by Crippen LogP contribution is 2.56. The van der Waals surface area contributed by atoms with Crippen LogP contribution >= 0.6 is 11.8 Å². The van der Waals surface area contributed by atoms with Gasteiger partial charge in [-0.3, -0.25) is 0 Å². The number of hydrogen-bond donors (Lipinski definition) is 0. The van der Waals surface area contributed by atoms with Crippen molar-refractivity contribution in [1.29, 1.82) is 0 Å². The molecular weight excluding hydrogens is 1070 g/mol. The van der Waals surface area contributed by atoms with Gasteiger partial charge in [0.15, 0.2) is 0 Å². The molecule has 0 saturated heterocycles. The molecule has 406 valence electrons. The van der Waals surface area contributed by atoms with Gasteiger partial charge >= 0.3 is 0 Å². The molecule has 0 spiro atoms. The van der Waals surface area contributed by atoms with E-state index < -0.39 is 0 Å². The molecule has 18 rings (SSSR count). The summed E-state index contributed by atoms with van der Waals surface area (Å²) in [5, 5.41) is 0. The van der Waals surface area contributed by atoms with Crippen LogP contribution < -0.4 is 62.2 Å². The normalized spacial score (nSPS) is 13.3. The maximum atomic E-state index is 2.64. The van der Waals surface area contributed by atoms with E-state index in [-0.39, 0.29) is 13.4 Å². The molecule has 5 heterocycles. The van der Waals surface area contributed by atoms with Gasteiger partial charge in [-0.25, -0.2) is 0 Å². The summed E-state index contributed by atoms with van der Waals surface area (Å²) in [6, 6.07) is 117. The third-order valence-electron chi connectivity index (χ3n) is 18.1. The van der Waals surface area contributed by atoms with Gasteiger partial charge in [0.25, 0.3) is 13.4 Å². The van der Waals surface area contributed by atoms with E-state index in [0.29, 0.717) is 0 Å². The minimum atomic E-state index is -0.145. The molecule has 0 fully saturated rings. The zero-order valence-corrected chi connectivity index (χ0v) is 48.1. The van der Waals surface area contributed by atoms with Crippen LogP contribution in [0.2, 0.25) is 0 Å². The van der Waals surface area contributed by atoms with Crippen molar-refractivity contribution in [2.24, 2.45) is 0 Å². The monoisotopic (exact) mass is 1130 g/mol. The molecular formula is C78H52B2N6S. The second-order valence-electron chi connectivity index (χ2n) is 22.8. The number of rotatable bonds is 9. The molecule has 6 nitrogen and oxygen atoms in total. The van der Waals surface area contributed by atoms with Crippen molar-refractivity contribution in [3.63, 3.8) is 0 Å². The Labute approximate surface area is 511 Å². The zero-order chi connectivity index (χ0) is 57.1. The molecule has 5 aliphatic rings. The number of hydrogen-bond acceptors (Lipinski definition) is 7. The Hall–Kier alpha value is -10.9. The molecule has 0 N–H and O–H groups in total. The molecule has 0 radical (unpaired) electrons. The van der Waals surface area contributed by atoms with Crippen molar-refractivity contribution in [3.05, 3.63) is 315 Å². The van der Waals surface area contributed by atoms with Gasteiger partial charge < -0.3 is 29.4 Å². The van der Waals surface area contributed by atoms with E-state index in [2.05, 4.69) is 345 Å². The van der Waals surface area contributed by atoms with Gasteiger partial charge in [0, 0.05) is 89.4 Å². The standard InChI is InChI=1S/C78H52B2N6S/c1-8-27-53(28-9-1)81(54-29-10-2-11-30-54)60-47-70-76-71(48-60)84(58-37-18-6-19-38-58)68-52-69-65(51-64(68)79(76)62-41-22-23-43-66(62)83(70)57-35-16-5-17-36-57)80-63-42-26-46-75-78(63)86(67-44-24-25-45-74(67)87-75)73-50-61(49-72(77(73)80)85(69)59-39-20-7-21-40-59)82(55-31-12-3-13-32-55)56-33-14-4-15-34-56/h1-52H. The van der Waals surface area contributed by atoms with E-state index >= 15 is 0 Å². The lowest BCUT2D eigenvalue weighted by atomic mass is 9.30. The van der Waals surface area contributed by atoms with E-state index in [0.717, 1.165) is 79.6 Å². The molecule has 13 aromatic rings. The van der Waals surface area contributed by atoms with E-state index in [1.54, 1.807) is 0 Å². The lowest BCUT2D eigenvalue weighted by molar-refractivity contribution is 1.16. The first kappa shape index (κ1) is 49.6. The Bertz CT molecular complexity index is 4750. The third kappa shape index (κ3) is 7.66. The molecule has 0 amide bonds. The van der Waals surface area contributed by atoms with Crippen LogP contribution in [0.15, 0.2) is 325 Å². The average Bonchev–Trinajstić information content (AvgIpc) is 1.95. The number of para-hydroxylation sites is 10. The number of benzene rings is 13. The Morgan fingerprint density at radius 1 is 0.230 bits per heavy atom. The second-order valence-corrected chi connectivity index (χ2v) is 23.9. The Morgan fingerprint density at radius 3 is 1.03 bits per heavy atom. The molecule has 9 heteroatoms. The first-order valence-corrected chi connectivity index (χ1v) is 30.7. The fraction of sp³-hybridized carbons (Fsp3) is 0. The Kier molecular flexibility index (Phi) is 11.3. The minimum Gasteiger partial charge on any atom is -0.311 e. The van der Waals surface area contributed by atoms with E-state index in [1.165, 1.54) is 65.3 Å². The third-order valence-corrected chi connectivity index (χ3v) is 19.2. The SMILES string of the molecule is c1ccc(N(c2ccccc2)c2cc3c4c(c2)N(c2ccccc2)c2cc5c(cc2B4c2ccccc2N3c2ccccc2)B2c3cccc4c3N(c3ccccc3S4)c3cc(N(c4ccccc4)c4ccccc4)cc(c32)N5c2ccccc2)cc1. The van der Waals surface area contributed by atoms with Crippen molar-refractivity contribution in [3.8, 4) is 0 Å². The second kappa shape index (κ2) is 19.9. The van der Waals surface area contributed by atoms with Gasteiger partial charge in [0.2, 0.25) is 0 Å². The van der Waals surface area contributed by atoms with Crippen molar-refractivity contribution < 1.29 is 0 Å². The van der Waals surface area contributed by atoms with Gasteiger partial charge in [-0.15, -0.1) is 0 Å². The predicted molar refractivity (Wildman–Crippen MR) is 368 cm³/mol. The largest absolute Gasteiger partial charge is 0.311 e. The molecule has 0 aliphatic carbocycles. The first-order chi connectivity index (χ1) is 43.2. The topological polar surface area (TPSA) is 19.4 Å². The summed E-state index contributed by atoms with van der Waals surface area (Å²) in [5.74, 6) is 0. The molecule has 13 aromatic carbocycles. The summed E-state index contributed by atoms with van der Waals surface area (Å²) in [6.07, 6.45) is 0. The minimum absolute atomic E-state index is 0.137. The molecule has 0 atom stereocenters. The van der Waals surface area contributed by atoms with Gasteiger partial charge in [0.1, 0.15) is 0 Å². The fourth-order valence-corrected chi connectivity index (χ4v) is 15.7. The smallest absolute Gasteiger partial charge is 0.252 e. The summed E-state index contributed by atoms with van der Waals surface area (Å²) in [5.41, 5.74) is 27.9. The van der Waals surface area contributed by atoms with E-state index in [1.807, 2.05) is 11.8 Å². The number of anilines is 18. The van der Waals surface area contributed by atoms with Gasteiger partial charge in [-0.2, -0.15) is 0 Å². The highest BCUT2D eigenvalue weighted by atomic mass is 32.2. The van der Waals surface area contributed by atoms with Crippen LogP contribution in [-0.4, -0.2) is 13.4 Å². The molecule has 5 aliphatic heterocycles. The summed E-state index contributed by atoms with van der Waals surface area (Å²) >= 11 is 1.88. The van der Waals surface area contributed by atoms with Crippen LogP contribution in [0.4, 0.5) is 102 Å². The van der Waals surface area contributed by atoms with Gasteiger partial charge in [-0.1, -0.05) is 188 Å². The van der Waals surface area contributed by atoms with Crippen LogP contribution in [-0.2, 0) is 0 Å². The molecule has 0 bridgehead atoms. The highest BCUT2D eigenvalue weighted by Gasteiger charge is 2.50. The molecule has 0 unspecified atom stereocenters. The Balaban J connectivity index is 0.967. The highest BCUT2D eigenvalue weighted by molar-refractivity contribution is 7.99. The van der Waals surface area contributed by atoms with Crippen LogP contribution in [0, 0.1) is 0 Å². The summed E-state index contributed by atoms with van der Waals surface area (Å²) in [7, 11) is 0. The van der Waals surface area contributed by atoms with E-state index in [4.69, 9.17) is 0 Å². The fourth-order valence-electron chi connectivity index (χ4n) is 14.6. The molecule has 0 aromatic heterocycles. The van der Waals surface area contributed by atoms with Gasteiger partial charge in [-0.05, 0) is 172 Å². The predicted octanol–water partition coefficient (Wildman–Crippen LogP) is 17.3. The summed E-state index contributed by atoms with van der Waals surface area (Å²) in [4.78, 5) is 17.6. The molecule has 0 saturated carbocycles. The van der Waals surface area contributed by atoms with Crippen molar-refractivity contribution >= 4 is 160 Å². The number of nitrogens with zero attached hydrogens (tertiary/aromatic N) is 6. The molecule has 87 heavy (non-hydrogen) atoms. The maximum Gasteiger partial charge on any atom is 0.252 e. The van der Waals surface area contributed by atoms with Crippen LogP contribution in [0.3, 0.4) is 0 Å². The van der Waals surface area contributed by atoms with Crippen molar-refractivity contribution in [2.75, 3.05) is 29.4 Å². The van der Waals surface area contributed by atoms with Crippen molar-refractivity contribution in [1.82, 2.24) is 0 Å². The lowest BCUT2D eigenvalue weighted by Crippen LogP contribution is -2.65. The first-order valence-electron chi connectivity index (χ1n) is 29.9. The Morgan fingerprint density at radius 2 is 0.575 bits per heavy atom. The van der Waals surface area contributed by atoms with Gasteiger partial charge in [0.05, 0.1) is 22.7 Å². The van der Waals surface area contributed by atoms with Crippen LogP contribution in [0.25, 0.3) is 0 Å². The van der Waals surface area contributed by atoms with Crippen molar-refractivity contribution in [2.45, 2.75) is 9.79 Å². The van der Waals surface area contributed by atoms with Crippen LogP contribution in [0.5, 0.6) is 0 Å².